The number of hydrogen-bond donors (Lipinski definition) is 0. The fourth-order valence-corrected chi connectivity index (χ4v) is 4.36. The van der Waals surface area contributed by atoms with Gasteiger partial charge in [0.25, 0.3) is 0 Å². The van der Waals surface area contributed by atoms with E-state index >= 15 is 0 Å². The van der Waals surface area contributed by atoms with E-state index in [0.717, 1.165) is 40.9 Å². The van der Waals surface area contributed by atoms with Crippen molar-refractivity contribution in [2.75, 3.05) is 19.1 Å². The molecule has 0 saturated heterocycles. The van der Waals surface area contributed by atoms with Crippen LogP contribution in [0.3, 0.4) is 0 Å². The maximum absolute atomic E-state index is 13.3. The zero-order valence-electron chi connectivity index (χ0n) is 17.0. The molecule has 1 atom stereocenters. The van der Waals surface area contributed by atoms with Gasteiger partial charge in [0.1, 0.15) is 11.5 Å². The molecular formula is C24H25NO4. The number of carbonyl (C=O) groups is 2. The number of ether oxygens (including phenoxy) is 2. The average Bonchev–Trinajstić information content (AvgIpc) is 2.73. The van der Waals surface area contributed by atoms with Crippen LogP contribution in [-0.4, -0.2) is 25.9 Å². The highest BCUT2D eigenvalue weighted by Gasteiger charge is 2.40. The Balaban J connectivity index is 1.85. The van der Waals surface area contributed by atoms with Crippen LogP contribution in [0.5, 0.6) is 11.5 Å². The summed E-state index contributed by atoms with van der Waals surface area (Å²) in [7, 11) is 3.20. The molecule has 0 radical (unpaired) electrons. The molecule has 5 heteroatoms. The normalized spacial score (nSPS) is 19.3. The molecule has 2 aromatic carbocycles. The highest BCUT2D eigenvalue weighted by molar-refractivity contribution is 6.07. The number of hydrogen-bond acceptors (Lipinski definition) is 4. The Labute approximate surface area is 170 Å². The van der Waals surface area contributed by atoms with Crippen molar-refractivity contribution in [3.05, 3.63) is 64.9 Å². The molecule has 1 aliphatic carbocycles. The number of allylic oxidation sites excluding steroid dienone is 2. The van der Waals surface area contributed by atoms with E-state index in [1.807, 2.05) is 43.3 Å². The number of benzene rings is 2. The first-order valence-electron chi connectivity index (χ1n) is 9.91. The van der Waals surface area contributed by atoms with Crippen molar-refractivity contribution in [1.29, 1.82) is 0 Å². The van der Waals surface area contributed by atoms with Crippen molar-refractivity contribution in [2.24, 2.45) is 0 Å². The number of anilines is 1. The van der Waals surface area contributed by atoms with Crippen molar-refractivity contribution in [1.82, 2.24) is 0 Å². The first-order chi connectivity index (χ1) is 14.0. The van der Waals surface area contributed by atoms with Crippen LogP contribution < -0.4 is 14.4 Å². The summed E-state index contributed by atoms with van der Waals surface area (Å²) >= 11 is 0. The van der Waals surface area contributed by atoms with E-state index in [9.17, 15) is 9.59 Å². The quantitative estimate of drug-likeness (QED) is 0.768. The Bertz CT molecular complexity index is 990. The molecular weight excluding hydrogens is 366 g/mol. The summed E-state index contributed by atoms with van der Waals surface area (Å²) in [6.07, 6.45) is 2.24. The number of aryl methyl sites for hydroxylation is 1. The van der Waals surface area contributed by atoms with Gasteiger partial charge >= 0.3 is 0 Å². The fourth-order valence-electron chi connectivity index (χ4n) is 4.36. The lowest BCUT2D eigenvalue weighted by atomic mass is 9.76. The minimum atomic E-state index is -0.298. The molecule has 29 heavy (non-hydrogen) atoms. The van der Waals surface area contributed by atoms with E-state index in [4.69, 9.17) is 9.47 Å². The Morgan fingerprint density at radius 3 is 2.41 bits per heavy atom. The van der Waals surface area contributed by atoms with Crippen molar-refractivity contribution in [3.63, 3.8) is 0 Å². The van der Waals surface area contributed by atoms with Gasteiger partial charge in [0.2, 0.25) is 5.91 Å². The predicted molar refractivity (Wildman–Crippen MR) is 111 cm³/mol. The second-order valence-electron chi connectivity index (χ2n) is 7.57. The molecule has 0 aromatic heterocycles. The van der Waals surface area contributed by atoms with Gasteiger partial charge in [-0.2, -0.15) is 0 Å². The van der Waals surface area contributed by atoms with Crippen LogP contribution in [-0.2, 0) is 9.59 Å². The number of carbonyl (C=O) groups excluding carboxylic acids is 2. The van der Waals surface area contributed by atoms with Gasteiger partial charge in [-0.3, -0.25) is 14.5 Å². The average molecular weight is 391 g/mol. The summed E-state index contributed by atoms with van der Waals surface area (Å²) in [5, 5.41) is 0. The smallest absolute Gasteiger partial charge is 0.232 e. The molecule has 1 heterocycles. The summed E-state index contributed by atoms with van der Waals surface area (Å²) in [6.45, 7) is 2.02. The van der Waals surface area contributed by atoms with Gasteiger partial charge in [-0.05, 0) is 38.0 Å². The SMILES string of the molecule is COc1ccc([C@@H]2CC(=O)N(c3ccc(C)cc3)C3=C2C(=O)CCC3)c(OC)c1. The molecule has 0 N–H and O–H groups in total. The van der Waals surface area contributed by atoms with Crippen LogP contribution in [0.2, 0.25) is 0 Å². The second kappa shape index (κ2) is 7.74. The molecule has 2 aromatic rings. The van der Waals surface area contributed by atoms with E-state index in [-0.39, 0.29) is 24.0 Å². The van der Waals surface area contributed by atoms with E-state index in [2.05, 4.69) is 0 Å². The summed E-state index contributed by atoms with van der Waals surface area (Å²) in [5.41, 5.74) is 4.40. The standard InChI is InChI=1S/C24H25NO4/c1-15-7-9-16(10-8-15)25-20-5-4-6-21(26)24(20)19(14-23(25)27)18-12-11-17(28-2)13-22(18)29-3/h7-13,19H,4-6,14H2,1-3H3/t19-/m0/s1. The van der Waals surface area contributed by atoms with Gasteiger partial charge in [0, 0.05) is 47.3 Å². The highest BCUT2D eigenvalue weighted by atomic mass is 16.5. The number of amides is 1. The molecule has 0 unspecified atom stereocenters. The van der Waals surface area contributed by atoms with Crippen LogP contribution in [0, 0.1) is 6.92 Å². The van der Waals surface area contributed by atoms with Crippen molar-refractivity contribution < 1.29 is 19.1 Å². The van der Waals surface area contributed by atoms with E-state index in [1.54, 1.807) is 25.2 Å². The molecule has 0 spiro atoms. The Morgan fingerprint density at radius 2 is 1.72 bits per heavy atom. The van der Waals surface area contributed by atoms with Gasteiger partial charge in [0.15, 0.2) is 5.78 Å². The molecule has 150 valence electrons. The van der Waals surface area contributed by atoms with E-state index < -0.39 is 0 Å². The molecule has 2 aliphatic rings. The van der Waals surface area contributed by atoms with Gasteiger partial charge in [-0.15, -0.1) is 0 Å². The van der Waals surface area contributed by atoms with Crippen LogP contribution in [0.4, 0.5) is 5.69 Å². The fraction of sp³-hybridized carbons (Fsp3) is 0.333. The highest BCUT2D eigenvalue weighted by Crippen LogP contribution is 2.46. The summed E-state index contributed by atoms with van der Waals surface area (Å²) in [6, 6.07) is 13.4. The van der Waals surface area contributed by atoms with Crippen LogP contribution in [0.15, 0.2) is 53.7 Å². The Hall–Kier alpha value is -3.08. The van der Waals surface area contributed by atoms with Crippen molar-refractivity contribution in [2.45, 2.75) is 38.5 Å². The summed E-state index contributed by atoms with van der Waals surface area (Å²) in [4.78, 5) is 28.0. The minimum Gasteiger partial charge on any atom is -0.497 e. The van der Waals surface area contributed by atoms with Crippen LogP contribution >= 0.6 is 0 Å². The molecule has 1 amide bonds. The summed E-state index contributed by atoms with van der Waals surface area (Å²) < 4.78 is 10.9. The maximum Gasteiger partial charge on any atom is 0.232 e. The third-order valence-corrected chi connectivity index (χ3v) is 5.78. The Kier molecular flexibility index (Phi) is 5.14. The molecule has 0 bridgehead atoms. The predicted octanol–water partition coefficient (Wildman–Crippen LogP) is 4.54. The molecule has 0 fully saturated rings. The van der Waals surface area contributed by atoms with Crippen molar-refractivity contribution in [3.8, 4) is 11.5 Å². The number of ketones is 1. The first kappa shape index (κ1) is 19.2. The van der Waals surface area contributed by atoms with Crippen molar-refractivity contribution >= 4 is 17.4 Å². The second-order valence-corrected chi connectivity index (χ2v) is 7.57. The van der Waals surface area contributed by atoms with Crippen LogP contribution in [0.1, 0.15) is 42.7 Å². The lowest BCUT2D eigenvalue weighted by molar-refractivity contribution is -0.119. The van der Waals surface area contributed by atoms with Gasteiger partial charge in [0.05, 0.1) is 14.2 Å². The van der Waals surface area contributed by atoms with E-state index in [1.165, 1.54) is 0 Å². The molecule has 1 aliphatic heterocycles. The molecule has 0 saturated carbocycles. The molecule has 5 nitrogen and oxygen atoms in total. The largest absolute Gasteiger partial charge is 0.497 e. The number of nitrogens with zero attached hydrogens (tertiary/aromatic N) is 1. The lowest BCUT2D eigenvalue weighted by Crippen LogP contribution is -2.40. The number of rotatable bonds is 4. The zero-order chi connectivity index (χ0) is 20.5. The third kappa shape index (κ3) is 3.41. The maximum atomic E-state index is 13.3. The number of methoxy groups -OCH3 is 2. The monoisotopic (exact) mass is 391 g/mol. The van der Waals surface area contributed by atoms with Gasteiger partial charge in [-0.1, -0.05) is 23.8 Å². The van der Waals surface area contributed by atoms with Crippen LogP contribution in [0.25, 0.3) is 0 Å². The summed E-state index contributed by atoms with van der Waals surface area (Å²) in [5.74, 6) is 1.14. The topological polar surface area (TPSA) is 55.8 Å². The third-order valence-electron chi connectivity index (χ3n) is 5.78. The number of Topliss-reactive ketones (excluding diaryl/α,β-unsaturated/α-hetero) is 1. The Morgan fingerprint density at radius 1 is 0.966 bits per heavy atom. The van der Waals surface area contributed by atoms with Gasteiger partial charge in [-0.25, -0.2) is 0 Å². The lowest BCUT2D eigenvalue weighted by Gasteiger charge is -2.38. The van der Waals surface area contributed by atoms with E-state index in [0.29, 0.717) is 17.9 Å². The zero-order valence-corrected chi connectivity index (χ0v) is 17.0. The first-order valence-corrected chi connectivity index (χ1v) is 9.91. The molecule has 4 rings (SSSR count). The van der Waals surface area contributed by atoms with Gasteiger partial charge < -0.3 is 9.47 Å². The minimum absolute atomic E-state index is 0.00479.